The van der Waals surface area contributed by atoms with E-state index >= 15 is 0 Å². The van der Waals surface area contributed by atoms with Crippen molar-refractivity contribution in [3.05, 3.63) is 65.5 Å². The van der Waals surface area contributed by atoms with Gasteiger partial charge in [-0.3, -0.25) is 14.6 Å². The van der Waals surface area contributed by atoms with Gasteiger partial charge in [0.25, 0.3) is 5.91 Å². The van der Waals surface area contributed by atoms with Crippen molar-refractivity contribution in [1.29, 1.82) is 0 Å². The van der Waals surface area contributed by atoms with E-state index in [4.69, 9.17) is 0 Å². The Kier molecular flexibility index (Phi) is 6.36. The van der Waals surface area contributed by atoms with Gasteiger partial charge < -0.3 is 10.6 Å². The predicted molar refractivity (Wildman–Crippen MR) is 100 cm³/mol. The fourth-order valence-corrected chi connectivity index (χ4v) is 3.25. The molecule has 1 aliphatic rings. The van der Waals surface area contributed by atoms with E-state index in [-0.39, 0.29) is 17.7 Å². The van der Waals surface area contributed by atoms with Crippen molar-refractivity contribution in [2.24, 2.45) is 5.92 Å². The monoisotopic (exact) mass is 351 g/mol. The van der Waals surface area contributed by atoms with Crippen LogP contribution in [0, 0.1) is 5.92 Å². The van der Waals surface area contributed by atoms with Gasteiger partial charge in [0.05, 0.1) is 12.2 Å². The molecule has 2 N–H and O–H groups in total. The molecule has 0 saturated heterocycles. The third-order valence-electron chi connectivity index (χ3n) is 4.82. The van der Waals surface area contributed by atoms with Crippen molar-refractivity contribution in [3.8, 4) is 0 Å². The lowest BCUT2D eigenvalue weighted by Crippen LogP contribution is -2.31. The number of rotatable bonds is 6. The van der Waals surface area contributed by atoms with E-state index in [1.165, 1.54) is 6.42 Å². The van der Waals surface area contributed by atoms with Gasteiger partial charge in [0.2, 0.25) is 5.91 Å². The Hall–Kier alpha value is -2.69. The van der Waals surface area contributed by atoms with E-state index < -0.39 is 0 Å². The summed E-state index contributed by atoms with van der Waals surface area (Å²) in [5.74, 6) is 0.190. The Morgan fingerprint density at radius 2 is 1.69 bits per heavy atom. The minimum Gasteiger partial charge on any atom is -0.352 e. The lowest BCUT2D eigenvalue weighted by molar-refractivity contribution is -0.126. The molecule has 1 heterocycles. The molecule has 0 aliphatic heterocycles. The fourth-order valence-electron chi connectivity index (χ4n) is 3.25. The highest BCUT2D eigenvalue weighted by Gasteiger charge is 2.20. The van der Waals surface area contributed by atoms with Crippen molar-refractivity contribution in [2.75, 3.05) is 0 Å². The Bertz CT molecular complexity index is 723. The SMILES string of the molecule is O=C(NCc1ccccn1)c1ccc(CNC(=O)C2CCCCC2)cc1. The van der Waals surface area contributed by atoms with Gasteiger partial charge in [-0.25, -0.2) is 0 Å². The Balaban J connectivity index is 1.46. The first-order chi connectivity index (χ1) is 12.7. The zero-order chi connectivity index (χ0) is 18.2. The maximum Gasteiger partial charge on any atom is 0.251 e. The summed E-state index contributed by atoms with van der Waals surface area (Å²) in [4.78, 5) is 28.6. The van der Waals surface area contributed by atoms with Crippen molar-refractivity contribution in [2.45, 2.75) is 45.2 Å². The lowest BCUT2D eigenvalue weighted by Gasteiger charge is -2.20. The molecule has 0 radical (unpaired) electrons. The molecule has 26 heavy (non-hydrogen) atoms. The lowest BCUT2D eigenvalue weighted by atomic mass is 9.88. The number of hydrogen-bond donors (Lipinski definition) is 2. The van der Waals surface area contributed by atoms with Crippen molar-refractivity contribution in [1.82, 2.24) is 15.6 Å². The van der Waals surface area contributed by atoms with Crippen LogP contribution in [0.1, 0.15) is 53.7 Å². The highest BCUT2D eigenvalue weighted by atomic mass is 16.2. The van der Waals surface area contributed by atoms with Gasteiger partial charge in [0.1, 0.15) is 0 Å². The van der Waals surface area contributed by atoms with E-state index in [0.717, 1.165) is 36.9 Å². The minimum absolute atomic E-state index is 0.131. The van der Waals surface area contributed by atoms with E-state index in [1.54, 1.807) is 18.3 Å². The van der Waals surface area contributed by atoms with Crippen LogP contribution in [0.25, 0.3) is 0 Å². The number of benzene rings is 1. The summed E-state index contributed by atoms with van der Waals surface area (Å²) in [6.07, 6.45) is 7.26. The second-order valence-electron chi connectivity index (χ2n) is 6.75. The zero-order valence-electron chi connectivity index (χ0n) is 14.9. The van der Waals surface area contributed by atoms with Gasteiger partial charge in [-0.1, -0.05) is 37.5 Å². The third kappa shape index (κ3) is 5.15. The van der Waals surface area contributed by atoms with Crippen LogP contribution in [0.2, 0.25) is 0 Å². The average Bonchev–Trinajstić information content (AvgIpc) is 2.72. The quantitative estimate of drug-likeness (QED) is 0.839. The minimum atomic E-state index is -0.131. The van der Waals surface area contributed by atoms with Gasteiger partial charge in [0.15, 0.2) is 0 Å². The van der Waals surface area contributed by atoms with Crippen LogP contribution in [-0.2, 0) is 17.9 Å². The standard InChI is InChI=1S/C21H25N3O2/c25-20(17-6-2-1-3-7-17)23-14-16-9-11-18(12-10-16)21(26)24-15-19-8-4-5-13-22-19/h4-5,8-13,17H,1-3,6-7,14-15H2,(H,23,25)(H,24,26). The van der Waals surface area contributed by atoms with Crippen LogP contribution < -0.4 is 10.6 Å². The third-order valence-corrected chi connectivity index (χ3v) is 4.82. The molecule has 5 heteroatoms. The van der Waals surface area contributed by atoms with E-state index in [2.05, 4.69) is 15.6 Å². The van der Waals surface area contributed by atoms with Crippen LogP contribution in [0.3, 0.4) is 0 Å². The summed E-state index contributed by atoms with van der Waals surface area (Å²) >= 11 is 0. The molecule has 1 aromatic heterocycles. The van der Waals surface area contributed by atoms with E-state index in [1.807, 2.05) is 30.3 Å². The maximum absolute atomic E-state index is 12.2. The summed E-state index contributed by atoms with van der Waals surface area (Å²) < 4.78 is 0. The second kappa shape index (κ2) is 9.13. The summed E-state index contributed by atoms with van der Waals surface area (Å²) in [5, 5.41) is 5.87. The molecule has 5 nitrogen and oxygen atoms in total. The smallest absolute Gasteiger partial charge is 0.251 e. The van der Waals surface area contributed by atoms with Gasteiger partial charge in [-0.15, -0.1) is 0 Å². The maximum atomic E-state index is 12.2. The molecular formula is C21H25N3O2. The molecule has 0 atom stereocenters. The van der Waals surface area contributed by atoms with Crippen molar-refractivity contribution < 1.29 is 9.59 Å². The Morgan fingerprint density at radius 1 is 0.923 bits per heavy atom. The largest absolute Gasteiger partial charge is 0.352 e. The van der Waals surface area contributed by atoms with E-state index in [0.29, 0.717) is 18.7 Å². The molecule has 3 rings (SSSR count). The first kappa shape index (κ1) is 18.1. The zero-order valence-corrected chi connectivity index (χ0v) is 14.9. The van der Waals surface area contributed by atoms with Crippen LogP contribution in [0.15, 0.2) is 48.7 Å². The second-order valence-corrected chi connectivity index (χ2v) is 6.75. The normalized spacial score (nSPS) is 14.6. The molecule has 1 saturated carbocycles. The molecule has 1 aromatic carbocycles. The number of nitrogens with zero attached hydrogens (tertiary/aromatic N) is 1. The van der Waals surface area contributed by atoms with Gasteiger partial charge in [-0.2, -0.15) is 0 Å². The summed E-state index contributed by atoms with van der Waals surface area (Å²) in [7, 11) is 0. The number of pyridine rings is 1. The van der Waals surface area contributed by atoms with Gasteiger partial charge >= 0.3 is 0 Å². The average molecular weight is 351 g/mol. The molecular weight excluding hydrogens is 326 g/mol. The number of amides is 2. The molecule has 1 aliphatic carbocycles. The van der Waals surface area contributed by atoms with Crippen molar-refractivity contribution >= 4 is 11.8 Å². The highest BCUT2D eigenvalue weighted by Crippen LogP contribution is 2.23. The fraction of sp³-hybridized carbons (Fsp3) is 0.381. The van der Waals surface area contributed by atoms with Gasteiger partial charge in [0, 0.05) is 24.2 Å². The molecule has 2 amide bonds. The first-order valence-electron chi connectivity index (χ1n) is 9.27. The van der Waals surface area contributed by atoms with Gasteiger partial charge in [-0.05, 0) is 42.7 Å². The molecule has 0 unspecified atom stereocenters. The highest BCUT2D eigenvalue weighted by molar-refractivity contribution is 5.94. The van der Waals surface area contributed by atoms with Crippen LogP contribution in [0.5, 0.6) is 0 Å². The number of aromatic nitrogens is 1. The molecule has 136 valence electrons. The first-order valence-corrected chi connectivity index (χ1v) is 9.27. The van der Waals surface area contributed by atoms with E-state index in [9.17, 15) is 9.59 Å². The predicted octanol–water partition coefficient (Wildman–Crippen LogP) is 3.21. The van der Waals surface area contributed by atoms with Crippen LogP contribution >= 0.6 is 0 Å². The Morgan fingerprint density at radius 3 is 2.38 bits per heavy atom. The number of nitrogens with one attached hydrogen (secondary N) is 2. The molecule has 2 aromatic rings. The Labute approximate surface area is 154 Å². The topological polar surface area (TPSA) is 71.1 Å². The molecule has 0 bridgehead atoms. The molecule has 1 fully saturated rings. The number of carbonyl (C=O) groups excluding carboxylic acids is 2. The van der Waals surface area contributed by atoms with Crippen LogP contribution in [-0.4, -0.2) is 16.8 Å². The summed E-state index contributed by atoms with van der Waals surface area (Å²) in [5.41, 5.74) is 2.42. The summed E-state index contributed by atoms with van der Waals surface area (Å²) in [6.45, 7) is 0.907. The van der Waals surface area contributed by atoms with Crippen LogP contribution in [0.4, 0.5) is 0 Å². The number of carbonyl (C=O) groups is 2. The molecule has 0 spiro atoms. The van der Waals surface area contributed by atoms with Crippen molar-refractivity contribution in [3.63, 3.8) is 0 Å². The number of hydrogen-bond acceptors (Lipinski definition) is 3. The summed E-state index contributed by atoms with van der Waals surface area (Å²) in [6, 6.07) is 13.0.